The molecule has 2 fully saturated rings. The van der Waals surface area contributed by atoms with Crippen molar-refractivity contribution in [2.45, 2.75) is 62.2 Å². The molecule has 4 amide bonds. The van der Waals surface area contributed by atoms with Crippen molar-refractivity contribution in [3.63, 3.8) is 0 Å². The Kier molecular flexibility index (Phi) is 41.9. The van der Waals surface area contributed by atoms with Crippen molar-refractivity contribution in [2.75, 3.05) is 130 Å². The van der Waals surface area contributed by atoms with E-state index in [1.54, 1.807) is 36.4 Å². The summed E-state index contributed by atoms with van der Waals surface area (Å²) in [5.41, 5.74) is 58.1. The van der Waals surface area contributed by atoms with Crippen LogP contribution in [0.5, 0.6) is 11.5 Å². The van der Waals surface area contributed by atoms with E-state index in [0.29, 0.717) is 35.7 Å². The van der Waals surface area contributed by atoms with E-state index < -0.39 is 147 Å². The summed E-state index contributed by atoms with van der Waals surface area (Å²) in [5, 5.41) is 24.1. The van der Waals surface area contributed by atoms with Crippen LogP contribution in [0.15, 0.2) is 92.5 Å². The molecule has 2 aliphatic heterocycles. The van der Waals surface area contributed by atoms with Crippen molar-refractivity contribution in [3.8, 4) is 35.2 Å². The van der Waals surface area contributed by atoms with Crippen molar-refractivity contribution in [3.05, 3.63) is 142 Å². The quantitative estimate of drug-likeness (QED) is 0.00632. The Morgan fingerprint density at radius 2 is 1.06 bits per heavy atom. The number of azide groups is 4. The molecule has 2 aromatic carbocycles. The number of nitrogen functional groups attached to an aromatic ring is 2. The number of nitrogens with one attached hydrogen (secondary N) is 4. The second-order valence-electron chi connectivity index (χ2n) is 23.8. The topological polar surface area (TPSA) is 896 Å². The molecule has 5 heterocycles. The van der Waals surface area contributed by atoms with E-state index in [0.717, 1.165) is 17.1 Å². The predicted molar refractivity (Wildman–Crippen MR) is 413 cm³/mol. The molecule has 0 radical (unpaired) electrons. The number of nitrogens with two attached hydrogens (primary N) is 4. The van der Waals surface area contributed by atoms with Crippen LogP contribution >= 0.6 is 46.9 Å². The second kappa shape index (κ2) is 50.7. The first-order valence-electron chi connectivity index (χ1n) is 34.8. The van der Waals surface area contributed by atoms with E-state index >= 15 is 0 Å². The molecule has 0 bridgehead atoms. The number of phosphoric ester groups is 2. The van der Waals surface area contributed by atoms with Crippen LogP contribution in [-0.2, 0) is 101 Å². The monoisotopic (exact) mass is 1870 g/mol. The number of phosphoric acid groups is 6. The average molecular weight is 1870 g/mol. The normalized spacial score (nSPS) is 18.8. The van der Waals surface area contributed by atoms with E-state index in [4.69, 9.17) is 112 Å². The lowest BCUT2D eigenvalue weighted by Crippen LogP contribution is -2.30. The second-order valence-corrected chi connectivity index (χ2v) is 32.6. The summed E-state index contributed by atoms with van der Waals surface area (Å²) in [6, 6.07) is 12.6. The molecular weight excluding hydrogens is 1790 g/mol. The number of benzene rings is 2. The van der Waals surface area contributed by atoms with Crippen LogP contribution in [0.2, 0.25) is 0 Å². The zero-order valence-electron chi connectivity index (χ0n) is 63.8. The summed E-state index contributed by atoms with van der Waals surface area (Å²) in [4.78, 5) is 160. The van der Waals surface area contributed by atoms with Gasteiger partial charge in [0.2, 0.25) is 11.8 Å². The van der Waals surface area contributed by atoms with Crippen molar-refractivity contribution in [1.82, 2.24) is 45.4 Å². The van der Waals surface area contributed by atoms with Crippen molar-refractivity contribution in [2.24, 2.45) is 31.9 Å². The van der Waals surface area contributed by atoms with Crippen LogP contribution in [0.3, 0.4) is 0 Å². The Balaban J connectivity index is 0.000000384. The molecule has 7 rings (SSSR count). The van der Waals surface area contributed by atoms with Gasteiger partial charge in [0.25, 0.3) is 19.6 Å². The summed E-state index contributed by atoms with van der Waals surface area (Å²) in [6.45, 7) is -3.67. The van der Waals surface area contributed by atoms with Crippen molar-refractivity contribution < 1.29 is 159 Å². The maximum absolute atomic E-state index is 12.8. The third-order valence-electron chi connectivity index (χ3n) is 15.0. The molecule has 2 aliphatic rings. The molecular formula is C58H78N25O35P6-. The Labute approximate surface area is 696 Å². The molecule has 0 spiro atoms. The van der Waals surface area contributed by atoms with Gasteiger partial charge in [-0.05, 0) is 58.5 Å². The van der Waals surface area contributed by atoms with Crippen LogP contribution in [0.25, 0.3) is 52.8 Å². The smallest absolute Gasteiger partial charge is 0.490 e. The standard InChI is InChI=1S/C30H40N13O17P3.C28H39N12O18P3/c31-6-8-36-30(45)19-3-1-5-21(11-19)55-16-25(40-42-34)54-10-9-53-15-24(44)35-7-2-4-20-13-43(29-27(20)28(32)37-17-38-29)26-12-22(56-18-39-41-33)23(58-26)14-57-62(49,50)60-63(51,52)59-61(46,47)48;29-6-8-34-27(42)18-3-1-5-20(11-18)53-16-24(37-39-32)52-10-9-51-15-23(41)33-7-2-4-19-13-40(28(43)36-26(19)30)25-12-21(54-17-35-38-31)22(56-25)14-55-60(47,48)58-61(49,50)57-59(44,45)46/h1,3,5,11,13,17,22-23,25-26H,6-10,12,14-16,18,31H2,(H,35,44)(H,36,45)(H,49,50)(H,51,52)(H2,32,37,38)(H2,46,47,48);1,3,5,11,13,21-22,24-25H,6-10,12,14-17,29H2,(H,33,41)(H,34,42)(H,47,48)(H,49,50)(H2,30,36,43)(H2,44,45,46)/p-1/t;21-,22?,24?,25?/m.0/s1. The van der Waals surface area contributed by atoms with E-state index in [1.165, 1.54) is 22.9 Å². The third kappa shape index (κ3) is 37.3. The number of hydrogen-bond acceptors (Lipinski definition) is 39. The molecule has 3 aromatic heterocycles. The number of carbonyl (C=O) groups excluding carboxylic acids is 4. The maximum Gasteiger partial charge on any atom is 0.490 e. The number of ether oxygens (including phenoxy) is 10. The molecule has 19 N–H and O–H groups in total. The van der Waals surface area contributed by atoms with Gasteiger partial charge in [-0.15, -0.1) is 0 Å². The number of nitrogens with zero attached hydrogens (tertiary/aromatic N) is 17. The molecule has 13 atom stereocenters. The molecule has 124 heavy (non-hydrogen) atoms. The Bertz CT molecular complexity index is 5220. The van der Waals surface area contributed by atoms with Gasteiger partial charge >= 0.3 is 44.8 Å². The van der Waals surface area contributed by atoms with Crippen LogP contribution in [0, 0.1) is 23.7 Å². The lowest BCUT2D eigenvalue weighted by Gasteiger charge is -2.22. The average Bonchev–Trinajstić information content (AvgIpc) is 1.61. The van der Waals surface area contributed by atoms with Gasteiger partial charge in [0.1, 0.15) is 99.7 Å². The highest BCUT2D eigenvalue weighted by Gasteiger charge is 2.46. The zero-order valence-corrected chi connectivity index (χ0v) is 69.1. The fourth-order valence-electron chi connectivity index (χ4n) is 10.0. The summed E-state index contributed by atoms with van der Waals surface area (Å²) in [6.07, 6.45) is -5.65. The van der Waals surface area contributed by atoms with Gasteiger partial charge in [-0.1, -0.05) is 56.3 Å². The van der Waals surface area contributed by atoms with E-state index in [-0.39, 0.29) is 131 Å². The SMILES string of the molecule is [N-]=[N+]=NCOC1CC(n2cc(C#CCNC(=O)COCCOC(COc3cccc(C(=O)NCCN)c3)N=[N+]=[N-])c3c(N)ncnc32)OC1COP(=O)(O)OP(=O)(O)OP(=O)(O)O.[N-]=[N+]=NCO[C@H]1CC(n2cc(C#CCNC(=O)COCCOC(COc3cccc(C(=O)NCCN)c3)N=[N+]=[N-])c(N)nc2=O)OC1COP(=O)(O)OP(=O)(O)OP(=O)([O-])O. The van der Waals surface area contributed by atoms with Crippen LogP contribution < -0.4 is 64.3 Å². The number of aromatic nitrogens is 5. The highest BCUT2D eigenvalue weighted by molar-refractivity contribution is 7.67. The lowest BCUT2D eigenvalue weighted by molar-refractivity contribution is -0.212. The summed E-state index contributed by atoms with van der Waals surface area (Å²) in [5.74, 6) is 9.43. The lowest BCUT2D eigenvalue weighted by atomic mass is 10.2. The van der Waals surface area contributed by atoms with Gasteiger partial charge in [0.15, 0.2) is 12.5 Å². The summed E-state index contributed by atoms with van der Waals surface area (Å²) < 4.78 is 151. The fourth-order valence-corrected chi connectivity index (χ4v) is 16.1. The van der Waals surface area contributed by atoms with Crippen LogP contribution in [0.4, 0.5) is 11.6 Å². The zero-order chi connectivity index (χ0) is 91.1. The maximum atomic E-state index is 12.8. The minimum absolute atomic E-state index is 0.0112. The molecule has 66 heteroatoms. The number of carbonyl (C=O) groups is 4. The molecule has 0 saturated carbocycles. The van der Waals surface area contributed by atoms with Gasteiger partial charge in [-0.25, -0.2) is 41.9 Å². The predicted octanol–water partition coefficient (Wildman–Crippen LogP) is 0.584. The van der Waals surface area contributed by atoms with Crippen molar-refractivity contribution >= 4 is 93.2 Å². The fraction of sp³-hybridized carbons (Fsp3) is 0.483. The Morgan fingerprint density at radius 3 is 1.52 bits per heavy atom. The summed E-state index contributed by atoms with van der Waals surface area (Å²) in [7, 11) is -34.3. The number of amides is 4. The molecule has 60 nitrogen and oxygen atoms in total. The number of rotatable bonds is 50. The number of hydrogen-bond donors (Lipinski definition) is 15. The van der Waals surface area contributed by atoms with Gasteiger partial charge in [0.05, 0.1) is 81.5 Å². The highest BCUT2D eigenvalue weighted by Crippen LogP contribution is 2.67. The van der Waals surface area contributed by atoms with E-state index in [9.17, 15) is 75.8 Å². The number of anilines is 2. The van der Waals surface area contributed by atoms with Gasteiger partial charge in [-0.3, -0.25) is 37.4 Å². The van der Waals surface area contributed by atoms with Crippen LogP contribution in [-0.4, -0.2) is 238 Å². The molecule has 2 saturated heterocycles. The molecule has 0 aliphatic carbocycles. The van der Waals surface area contributed by atoms with Gasteiger partial charge in [-0.2, -0.15) is 17.9 Å². The minimum Gasteiger partial charge on any atom is -0.756 e. The van der Waals surface area contributed by atoms with E-state index in [2.05, 4.69) is 122 Å². The first kappa shape index (κ1) is 103. The third-order valence-corrected chi connectivity index (χ3v) is 22.6. The van der Waals surface area contributed by atoms with Gasteiger partial charge in [0, 0.05) is 82.2 Å². The molecule has 5 aromatic rings. The largest absolute Gasteiger partial charge is 0.756 e. The summed E-state index contributed by atoms with van der Waals surface area (Å²) >= 11 is 0. The minimum atomic E-state index is -5.90. The Morgan fingerprint density at radius 1 is 0.605 bits per heavy atom. The Hall–Kier alpha value is -10.2. The first-order valence-corrected chi connectivity index (χ1v) is 43.8. The van der Waals surface area contributed by atoms with Gasteiger partial charge < -0.3 is 135 Å². The van der Waals surface area contributed by atoms with Crippen molar-refractivity contribution in [1.29, 1.82) is 0 Å². The first-order chi connectivity index (χ1) is 58.8. The van der Waals surface area contributed by atoms with E-state index in [1.807, 2.05) is 0 Å². The molecule has 676 valence electrons. The molecule has 12 unspecified atom stereocenters. The van der Waals surface area contributed by atoms with Crippen LogP contribution in [0.1, 0.15) is 57.1 Å². The highest BCUT2D eigenvalue weighted by atomic mass is 31.3. The number of fused-ring (bicyclic) bond motifs is 1.